The lowest BCUT2D eigenvalue weighted by Crippen LogP contribution is -2.32. The number of ether oxygens (including phenoxy) is 4. The van der Waals surface area contributed by atoms with E-state index in [1.807, 2.05) is 0 Å². The molecule has 8 heteroatoms. The lowest BCUT2D eigenvalue weighted by molar-refractivity contribution is -0.139. The van der Waals surface area contributed by atoms with Crippen LogP contribution in [0.5, 0.6) is 11.5 Å². The Morgan fingerprint density at radius 2 is 1.56 bits per heavy atom. The van der Waals surface area contributed by atoms with Crippen LogP contribution >= 0.6 is 11.6 Å². The van der Waals surface area contributed by atoms with Crippen molar-refractivity contribution in [1.29, 1.82) is 0 Å². The predicted octanol–water partition coefficient (Wildman–Crippen LogP) is 4.89. The number of benzene rings is 1. The number of hydrogen-bond donors (Lipinski definition) is 1. The Hall–Kier alpha value is -2.67. The van der Waals surface area contributed by atoms with Gasteiger partial charge in [0.25, 0.3) is 0 Å². The van der Waals surface area contributed by atoms with Crippen LogP contribution < -0.4 is 14.8 Å². The van der Waals surface area contributed by atoms with Gasteiger partial charge in [-0.3, -0.25) is 0 Å². The molecule has 2 rings (SSSR count). The third-order valence-corrected chi connectivity index (χ3v) is 5.36. The Balaban J connectivity index is 2.67. The second kappa shape index (κ2) is 11.8. The quantitative estimate of drug-likeness (QED) is 0.389. The Bertz CT molecular complexity index is 881. The van der Waals surface area contributed by atoms with Crippen molar-refractivity contribution in [2.75, 3.05) is 26.9 Å². The third-order valence-electron chi connectivity index (χ3n) is 5.08. The van der Waals surface area contributed by atoms with Crippen LogP contribution in [-0.2, 0) is 19.1 Å². The first kappa shape index (κ1) is 25.6. The van der Waals surface area contributed by atoms with Crippen LogP contribution in [0.15, 0.2) is 34.7 Å². The number of carbonyl (C=O) groups excluding carboxylic acids is 2. The minimum atomic E-state index is -0.745. The second-order valence-electron chi connectivity index (χ2n) is 7.31. The van der Waals surface area contributed by atoms with Crippen molar-refractivity contribution in [1.82, 2.24) is 5.32 Å². The molecule has 1 N–H and O–H groups in total. The Morgan fingerprint density at radius 1 is 1.00 bits per heavy atom. The highest BCUT2D eigenvalue weighted by Crippen LogP contribution is 2.44. The fourth-order valence-corrected chi connectivity index (χ4v) is 3.92. The molecule has 0 radical (unpaired) electrons. The van der Waals surface area contributed by atoms with Gasteiger partial charge in [-0.25, -0.2) is 9.59 Å². The van der Waals surface area contributed by atoms with E-state index in [1.165, 1.54) is 7.11 Å². The van der Waals surface area contributed by atoms with E-state index in [1.54, 1.807) is 39.8 Å². The fraction of sp³-hybridized carbons (Fsp3) is 0.500. The van der Waals surface area contributed by atoms with Gasteiger partial charge in [0, 0.05) is 11.4 Å². The zero-order valence-corrected chi connectivity index (χ0v) is 20.4. The number of dihydropyridines is 1. The maximum absolute atomic E-state index is 12.9. The zero-order chi connectivity index (χ0) is 23.8. The summed E-state index contributed by atoms with van der Waals surface area (Å²) in [5.41, 5.74) is 2.42. The third kappa shape index (κ3) is 5.57. The standard InChI is InChI=1S/C24H32ClNO6/c1-7-10-11-32-22-17(25)12-16(13-18(22)29-6)21-19(23(27)30-8-2)14(4)26-15(5)20(21)24(28)31-9-3/h12-13,21,26H,7-11H2,1-6H3. The molecular formula is C24H32ClNO6. The summed E-state index contributed by atoms with van der Waals surface area (Å²) in [5.74, 6) is -0.934. The van der Waals surface area contributed by atoms with Crippen LogP contribution in [0, 0.1) is 0 Å². The molecule has 0 aromatic heterocycles. The maximum atomic E-state index is 12.9. The van der Waals surface area contributed by atoms with Crippen LogP contribution in [0.2, 0.25) is 5.02 Å². The van der Waals surface area contributed by atoms with E-state index in [4.69, 9.17) is 30.5 Å². The fourth-order valence-electron chi connectivity index (χ4n) is 3.65. The molecule has 1 aromatic carbocycles. The average Bonchev–Trinajstić information content (AvgIpc) is 2.74. The van der Waals surface area contributed by atoms with E-state index in [-0.39, 0.29) is 13.2 Å². The molecule has 0 spiro atoms. The van der Waals surface area contributed by atoms with Gasteiger partial charge in [-0.15, -0.1) is 0 Å². The highest BCUT2D eigenvalue weighted by molar-refractivity contribution is 6.32. The van der Waals surface area contributed by atoms with E-state index in [9.17, 15) is 9.59 Å². The topological polar surface area (TPSA) is 83.1 Å². The molecule has 1 heterocycles. The van der Waals surface area contributed by atoms with Gasteiger partial charge in [-0.2, -0.15) is 0 Å². The van der Waals surface area contributed by atoms with Crippen molar-refractivity contribution in [3.05, 3.63) is 45.3 Å². The summed E-state index contributed by atoms with van der Waals surface area (Å²) in [6, 6.07) is 3.43. The molecule has 7 nitrogen and oxygen atoms in total. The summed E-state index contributed by atoms with van der Waals surface area (Å²) >= 11 is 6.58. The van der Waals surface area contributed by atoms with E-state index in [0.717, 1.165) is 12.8 Å². The first-order valence-electron chi connectivity index (χ1n) is 10.8. The highest BCUT2D eigenvalue weighted by Gasteiger charge is 2.38. The van der Waals surface area contributed by atoms with Gasteiger partial charge in [-0.05, 0) is 51.8 Å². The van der Waals surface area contributed by atoms with Crippen LogP contribution in [0.3, 0.4) is 0 Å². The van der Waals surface area contributed by atoms with Gasteiger partial charge in [0.2, 0.25) is 0 Å². The van der Waals surface area contributed by atoms with E-state index in [2.05, 4.69) is 12.2 Å². The maximum Gasteiger partial charge on any atom is 0.336 e. The van der Waals surface area contributed by atoms with Crippen LogP contribution in [0.1, 0.15) is 58.9 Å². The van der Waals surface area contributed by atoms with Gasteiger partial charge < -0.3 is 24.3 Å². The Labute approximate surface area is 194 Å². The summed E-state index contributed by atoms with van der Waals surface area (Å²) in [6.07, 6.45) is 1.85. The SMILES string of the molecule is CCCCOc1c(Cl)cc(C2C(C(=O)OCC)=C(C)NC(C)=C2C(=O)OCC)cc1OC. The molecule has 0 saturated heterocycles. The summed E-state index contributed by atoms with van der Waals surface area (Å²) in [6.45, 7) is 9.97. The highest BCUT2D eigenvalue weighted by atomic mass is 35.5. The number of rotatable bonds is 10. The molecule has 1 aromatic rings. The van der Waals surface area contributed by atoms with Crippen molar-refractivity contribution in [2.24, 2.45) is 0 Å². The minimum absolute atomic E-state index is 0.202. The first-order chi connectivity index (χ1) is 15.3. The molecule has 0 bridgehead atoms. The molecule has 0 atom stereocenters. The number of unbranched alkanes of at least 4 members (excludes halogenated alkanes) is 1. The molecule has 0 fully saturated rings. The van der Waals surface area contributed by atoms with Gasteiger partial charge in [0.05, 0.1) is 49.0 Å². The molecule has 1 aliphatic heterocycles. The average molecular weight is 466 g/mol. The van der Waals surface area contributed by atoms with Gasteiger partial charge in [0.1, 0.15) is 0 Å². The number of carbonyl (C=O) groups is 2. The predicted molar refractivity (Wildman–Crippen MR) is 123 cm³/mol. The summed E-state index contributed by atoms with van der Waals surface area (Å²) in [4.78, 5) is 25.8. The number of esters is 2. The molecule has 0 saturated carbocycles. The largest absolute Gasteiger partial charge is 0.493 e. The number of halogens is 1. The summed E-state index contributed by atoms with van der Waals surface area (Å²) in [7, 11) is 1.52. The van der Waals surface area contributed by atoms with Crippen molar-refractivity contribution < 1.29 is 28.5 Å². The van der Waals surface area contributed by atoms with Gasteiger partial charge >= 0.3 is 11.9 Å². The number of hydrogen-bond acceptors (Lipinski definition) is 7. The molecule has 176 valence electrons. The molecular weight excluding hydrogens is 434 g/mol. The molecule has 0 amide bonds. The van der Waals surface area contributed by atoms with Crippen molar-refractivity contribution in [3.63, 3.8) is 0 Å². The van der Waals surface area contributed by atoms with Crippen molar-refractivity contribution in [3.8, 4) is 11.5 Å². The van der Waals surface area contributed by atoms with Crippen molar-refractivity contribution >= 4 is 23.5 Å². The number of nitrogens with one attached hydrogen (secondary N) is 1. The van der Waals surface area contributed by atoms with E-state index >= 15 is 0 Å². The van der Waals surface area contributed by atoms with Crippen LogP contribution in [-0.4, -0.2) is 38.9 Å². The monoisotopic (exact) mass is 465 g/mol. The van der Waals surface area contributed by atoms with E-state index in [0.29, 0.717) is 51.2 Å². The molecule has 32 heavy (non-hydrogen) atoms. The van der Waals surface area contributed by atoms with Crippen LogP contribution in [0.4, 0.5) is 0 Å². The van der Waals surface area contributed by atoms with Gasteiger partial charge in [-0.1, -0.05) is 24.9 Å². The second-order valence-corrected chi connectivity index (χ2v) is 7.72. The van der Waals surface area contributed by atoms with Crippen molar-refractivity contribution in [2.45, 2.75) is 53.4 Å². The smallest absolute Gasteiger partial charge is 0.336 e. The van der Waals surface area contributed by atoms with Crippen LogP contribution in [0.25, 0.3) is 0 Å². The lowest BCUT2D eigenvalue weighted by atomic mass is 9.80. The Kier molecular flexibility index (Phi) is 9.44. The first-order valence-corrected chi connectivity index (χ1v) is 11.2. The number of methoxy groups -OCH3 is 1. The zero-order valence-electron chi connectivity index (χ0n) is 19.6. The summed E-state index contributed by atoms with van der Waals surface area (Å²) in [5, 5.41) is 3.44. The minimum Gasteiger partial charge on any atom is -0.493 e. The summed E-state index contributed by atoms with van der Waals surface area (Å²) < 4.78 is 22.0. The Morgan fingerprint density at radius 3 is 2.03 bits per heavy atom. The molecule has 0 aliphatic carbocycles. The normalized spacial score (nSPS) is 14.2. The number of allylic oxidation sites excluding steroid dienone is 2. The molecule has 0 unspecified atom stereocenters. The van der Waals surface area contributed by atoms with Gasteiger partial charge in [0.15, 0.2) is 11.5 Å². The van der Waals surface area contributed by atoms with E-state index < -0.39 is 17.9 Å². The molecule has 1 aliphatic rings. The lowest BCUT2D eigenvalue weighted by Gasteiger charge is -2.31.